The van der Waals surface area contributed by atoms with E-state index in [1.807, 2.05) is 97.1 Å². The van der Waals surface area contributed by atoms with Crippen molar-refractivity contribution >= 4 is 40.5 Å². The van der Waals surface area contributed by atoms with Crippen LogP contribution in [0.2, 0.25) is 0 Å². The van der Waals surface area contributed by atoms with Crippen LogP contribution in [0.1, 0.15) is 60.1 Å². The number of carbonyl (C=O) groups is 3. The first-order chi connectivity index (χ1) is 29.7. The topological polar surface area (TPSA) is 178 Å². The quantitative estimate of drug-likeness (QED) is 0.0310. The summed E-state index contributed by atoms with van der Waals surface area (Å²) in [6.07, 6.45) is 2.30. The number of carbonyl (C=O) groups excluding carboxylic acids is 3. The standard InChI is InChI=1S/C48H51FN8O4/c1-2-24-52-28-33-30-57(29-32-18-20-34(49)21-19-32)43-23-22-35(27-40(33)43)54-46(59)42(26-31-11-4-3-5-12-31)55-45(58)41(17-10-25-53-47(50)51)56-48(60)61-44-38-15-8-6-13-36(38)37-14-7-9-16-39(37)44/h3-9,11-16,18-23,27,30,41-42,44,52H,2,10,17,24-26,28-29H2,1H3,(H,54,59)(H,55,58)(H,56,60)(H4,50,51,53)/t41-,42-/m1/s1. The Morgan fingerprint density at radius 3 is 2.18 bits per heavy atom. The normalized spacial score (nSPS) is 12.8. The summed E-state index contributed by atoms with van der Waals surface area (Å²) < 4.78 is 21.8. The molecule has 61 heavy (non-hydrogen) atoms. The van der Waals surface area contributed by atoms with E-state index in [1.165, 1.54) is 12.1 Å². The second-order valence-electron chi connectivity index (χ2n) is 15.2. The number of nitrogens with two attached hydrogens (primary N) is 2. The number of nitrogens with zero attached hydrogens (tertiary/aromatic N) is 2. The van der Waals surface area contributed by atoms with Crippen molar-refractivity contribution in [2.24, 2.45) is 16.5 Å². The van der Waals surface area contributed by atoms with E-state index < -0.39 is 36.1 Å². The van der Waals surface area contributed by atoms with E-state index in [4.69, 9.17) is 16.2 Å². The molecule has 1 heterocycles. The van der Waals surface area contributed by atoms with Gasteiger partial charge in [0.2, 0.25) is 11.8 Å². The molecule has 0 aliphatic heterocycles. The van der Waals surface area contributed by atoms with Crippen LogP contribution in [-0.2, 0) is 33.8 Å². The fourth-order valence-corrected chi connectivity index (χ4v) is 7.76. The Bertz CT molecular complexity index is 2460. The average Bonchev–Trinajstić information content (AvgIpc) is 3.76. The monoisotopic (exact) mass is 822 g/mol. The molecule has 2 atom stereocenters. The van der Waals surface area contributed by atoms with Crippen molar-refractivity contribution in [2.45, 2.75) is 63.9 Å². The van der Waals surface area contributed by atoms with E-state index in [-0.39, 0.29) is 31.2 Å². The Morgan fingerprint density at radius 1 is 0.803 bits per heavy atom. The highest BCUT2D eigenvalue weighted by molar-refractivity contribution is 6.00. The third-order valence-corrected chi connectivity index (χ3v) is 10.7. The molecule has 1 aliphatic rings. The molecular weight excluding hydrogens is 772 g/mol. The fourth-order valence-electron chi connectivity index (χ4n) is 7.76. The molecule has 3 amide bonds. The molecular formula is C48H51FN8O4. The molecule has 0 fully saturated rings. The molecule has 314 valence electrons. The SMILES string of the molecule is CCCNCc1cn(Cc2ccc(F)cc2)c2ccc(NC(=O)[C@@H](Cc3ccccc3)NC(=O)[C@@H](CCCN=C(N)N)NC(=O)OC3c4ccccc4-c4ccccc43)cc12. The Morgan fingerprint density at radius 2 is 1.49 bits per heavy atom. The van der Waals surface area contributed by atoms with Gasteiger partial charge in [-0.1, -0.05) is 97.9 Å². The predicted octanol–water partition coefficient (Wildman–Crippen LogP) is 6.91. The van der Waals surface area contributed by atoms with Crippen LogP contribution in [0.4, 0.5) is 14.9 Å². The van der Waals surface area contributed by atoms with E-state index in [9.17, 15) is 18.8 Å². The lowest BCUT2D eigenvalue weighted by molar-refractivity contribution is -0.128. The minimum Gasteiger partial charge on any atom is -0.436 e. The summed E-state index contributed by atoms with van der Waals surface area (Å²) in [5.41, 5.74) is 19.1. The van der Waals surface area contributed by atoms with Crippen LogP contribution in [0.15, 0.2) is 133 Å². The molecule has 0 unspecified atom stereocenters. The number of guanidine groups is 1. The fraction of sp³-hybridized carbons (Fsp3) is 0.250. The molecule has 0 bridgehead atoms. The van der Waals surface area contributed by atoms with Crippen molar-refractivity contribution in [3.05, 3.63) is 161 Å². The first-order valence-electron chi connectivity index (χ1n) is 20.6. The van der Waals surface area contributed by atoms with Crippen LogP contribution < -0.4 is 32.7 Å². The van der Waals surface area contributed by atoms with Crippen LogP contribution >= 0.6 is 0 Å². The van der Waals surface area contributed by atoms with Gasteiger partial charge < -0.3 is 42.0 Å². The summed E-state index contributed by atoms with van der Waals surface area (Å²) in [5.74, 6) is -1.38. The highest BCUT2D eigenvalue weighted by atomic mass is 19.1. The minimum absolute atomic E-state index is 0.0847. The second kappa shape index (κ2) is 19.8. The summed E-state index contributed by atoms with van der Waals surface area (Å²) in [7, 11) is 0. The number of benzene rings is 5. The maximum atomic E-state index is 14.3. The number of fused-ring (bicyclic) bond motifs is 4. The Balaban J connectivity index is 1.11. The van der Waals surface area contributed by atoms with E-state index in [0.717, 1.165) is 62.8 Å². The molecule has 12 nitrogen and oxygen atoms in total. The van der Waals surface area contributed by atoms with Crippen LogP contribution in [0, 0.1) is 5.82 Å². The van der Waals surface area contributed by atoms with Gasteiger partial charge in [0.05, 0.1) is 0 Å². The van der Waals surface area contributed by atoms with E-state index in [0.29, 0.717) is 25.2 Å². The van der Waals surface area contributed by atoms with Crippen LogP contribution in [0.5, 0.6) is 0 Å². The molecule has 7 rings (SSSR count). The summed E-state index contributed by atoms with van der Waals surface area (Å²) in [5, 5.41) is 13.2. The minimum atomic E-state index is -1.09. The molecule has 8 N–H and O–H groups in total. The highest BCUT2D eigenvalue weighted by Crippen LogP contribution is 2.45. The van der Waals surface area contributed by atoms with Gasteiger partial charge in [-0.15, -0.1) is 0 Å². The zero-order chi connectivity index (χ0) is 42.7. The van der Waals surface area contributed by atoms with Crippen molar-refractivity contribution in [3.63, 3.8) is 0 Å². The zero-order valence-electron chi connectivity index (χ0n) is 34.1. The maximum Gasteiger partial charge on any atom is 0.408 e. The van der Waals surface area contributed by atoms with Gasteiger partial charge in [0.25, 0.3) is 0 Å². The van der Waals surface area contributed by atoms with Crippen LogP contribution in [0.25, 0.3) is 22.0 Å². The molecule has 6 aromatic rings. The number of ether oxygens (including phenoxy) is 1. The summed E-state index contributed by atoms with van der Waals surface area (Å²) in [6.45, 7) is 4.33. The molecule has 13 heteroatoms. The lowest BCUT2D eigenvalue weighted by Crippen LogP contribution is -2.53. The van der Waals surface area contributed by atoms with E-state index in [2.05, 4.69) is 43.9 Å². The average molecular weight is 823 g/mol. The van der Waals surface area contributed by atoms with Gasteiger partial charge in [-0.3, -0.25) is 14.6 Å². The molecule has 1 aliphatic carbocycles. The number of aromatic nitrogens is 1. The smallest absolute Gasteiger partial charge is 0.408 e. The van der Waals surface area contributed by atoms with E-state index in [1.54, 1.807) is 12.1 Å². The summed E-state index contributed by atoms with van der Waals surface area (Å²) >= 11 is 0. The van der Waals surface area contributed by atoms with Gasteiger partial charge in [-0.2, -0.15) is 0 Å². The van der Waals surface area contributed by atoms with Gasteiger partial charge in [0.1, 0.15) is 17.9 Å². The number of halogens is 1. The third kappa shape index (κ3) is 10.6. The van der Waals surface area contributed by atoms with Gasteiger partial charge in [-0.25, -0.2) is 9.18 Å². The molecule has 0 radical (unpaired) electrons. The number of anilines is 1. The highest BCUT2D eigenvalue weighted by Gasteiger charge is 2.33. The predicted molar refractivity (Wildman–Crippen MR) is 237 cm³/mol. The molecule has 0 saturated carbocycles. The number of nitrogens with one attached hydrogen (secondary N) is 4. The van der Waals surface area contributed by atoms with Gasteiger partial charge in [-0.05, 0) is 84.0 Å². The molecule has 1 aromatic heterocycles. The summed E-state index contributed by atoms with van der Waals surface area (Å²) in [4.78, 5) is 46.2. The van der Waals surface area contributed by atoms with E-state index >= 15 is 0 Å². The molecule has 5 aromatic carbocycles. The maximum absolute atomic E-state index is 14.3. The lowest BCUT2D eigenvalue weighted by atomic mass is 10.0. The number of hydrogen-bond acceptors (Lipinski definition) is 6. The van der Waals surface area contributed by atoms with Crippen molar-refractivity contribution in [1.29, 1.82) is 0 Å². The number of hydrogen-bond donors (Lipinski definition) is 6. The van der Waals surface area contributed by atoms with Crippen LogP contribution in [0.3, 0.4) is 0 Å². The number of rotatable bonds is 18. The first-order valence-corrected chi connectivity index (χ1v) is 20.6. The van der Waals surface area contributed by atoms with Crippen molar-refractivity contribution in [1.82, 2.24) is 20.5 Å². The van der Waals surface area contributed by atoms with Crippen molar-refractivity contribution in [2.75, 3.05) is 18.4 Å². The first kappa shape index (κ1) is 42.1. The van der Waals surface area contributed by atoms with Crippen molar-refractivity contribution in [3.8, 4) is 11.1 Å². The number of aliphatic imine (C=N–C) groups is 1. The van der Waals surface area contributed by atoms with Crippen LogP contribution in [-0.4, -0.2) is 53.6 Å². The number of amides is 3. The molecule has 0 saturated heterocycles. The Hall–Kier alpha value is -6.99. The zero-order valence-corrected chi connectivity index (χ0v) is 34.1. The number of alkyl carbamates (subject to hydrolysis) is 1. The van der Waals surface area contributed by atoms with Crippen molar-refractivity contribution < 1.29 is 23.5 Å². The van der Waals surface area contributed by atoms with Gasteiger partial charge in [0.15, 0.2) is 12.1 Å². The largest absolute Gasteiger partial charge is 0.436 e. The van der Waals surface area contributed by atoms with Gasteiger partial charge >= 0.3 is 6.09 Å². The molecule has 0 spiro atoms. The third-order valence-electron chi connectivity index (χ3n) is 10.7. The Kier molecular flexibility index (Phi) is 13.7. The second-order valence-corrected chi connectivity index (χ2v) is 15.2. The van der Waals surface area contributed by atoms with Gasteiger partial charge in [0, 0.05) is 60.0 Å². The Labute approximate surface area is 354 Å². The summed E-state index contributed by atoms with van der Waals surface area (Å²) in [6, 6.07) is 34.9. The lowest BCUT2D eigenvalue weighted by Gasteiger charge is -2.24.